The molecule has 7 heteroatoms. The molecule has 0 fully saturated rings. The Balaban J connectivity index is 1.89. The number of imidazole rings is 1. The van der Waals surface area contributed by atoms with Crippen LogP contribution in [0.25, 0.3) is 0 Å². The second-order valence-electron chi connectivity index (χ2n) is 4.40. The number of rotatable bonds is 5. The fourth-order valence-electron chi connectivity index (χ4n) is 1.75. The van der Waals surface area contributed by atoms with Crippen LogP contribution >= 0.6 is 11.3 Å². The third-order valence-corrected chi connectivity index (χ3v) is 3.65. The molecule has 0 aliphatic rings. The number of thiophene rings is 1. The van der Waals surface area contributed by atoms with Gasteiger partial charge in [-0.15, -0.1) is 11.3 Å². The van der Waals surface area contributed by atoms with Crippen LogP contribution in [0.15, 0.2) is 29.9 Å². The number of H-pyrrole nitrogens is 1. The van der Waals surface area contributed by atoms with Crippen LogP contribution in [0.4, 0.5) is 0 Å². The van der Waals surface area contributed by atoms with Crippen molar-refractivity contribution in [2.24, 2.45) is 0 Å². The first kappa shape index (κ1) is 14.3. The summed E-state index contributed by atoms with van der Waals surface area (Å²) in [4.78, 5) is 33.1. The Morgan fingerprint density at radius 3 is 2.95 bits per heavy atom. The summed E-state index contributed by atoms with van der Waals surface area (Å²) >= 11 is 1.34. The fraction of sp³-hybridized carbons (Fsp3) is 0.308. The van der Waals surface area contributed by atoms with Crippen molar-refractivity contribution >= 4 is 23.2 Å². The van der Waals surface area contributed by atoms with E-state index in [1.807, 2.05) is 5.38 Å². The molecular weight excluding hydrogens is 276 g/mol. The number of aromatic amines is 1. The molecule has 0 saturated carbocycles. The molecule has 1 unspecified atom stereocenters. The predicted octanol–water partition coefficient (Wildman–Crippen LogP) is 1.25. The maximum atomic E-state index is 12.1. The summed E-state index contributed by atoms with van der Waals surface area (Å²) in [6, 6.07) is 2.95. The van der Waals surface area contributed by atoms with Gasteiger partial charge in [0.15, 0.2) is 0 Å². The number of amides is 2. The second-order valence-corrected chi connectivity index (χ2v) is 5.35. The zero-order valence-electron chi connectivity index (χ0n) is 11.3. The zero-order valence-corrected chi connectivity index (χ0v) is 12.1. The van der Waals surface area contributed by atoms with Crippen LogP contribution < -0.4 is 5.32 Å². The van der Waals surface area contributed by atoms with Crippen molar-refractivity contribution in [1.82, 2.24) is 20.2 Å². The molecule has 2 amide bonds. The molecule has 2 aromatic rings. The van der Waals surface area contributed by atoms with Gasteiger partial charge in [-0.25, -0.2) is 4.98 Å². The molecule has 0 aliphatic carbocycles. The van der Waals surface area contributed by atoms with Gasteiger partial charge in [0.1, 0.15) is 11.9 Å². The average Bonchev–Trinajstić information content (AvgIpc) is 3.10. The molecule has 1 atom stereocenters. The molecule has 0 radical (unpaired) electrons. The maximum Gasteiger partial charge on any atom is 0.261 e. The molecule has 6 nitrogen and oxygen atoms in total. The first-order chi connectivity index (χ1) is 9.58. The van der Waals surface area contributed by atoms with E-state index in [9.17, 15) is 9.59 Å². The minimum Gasteiger partial charge on any atom is -0.347 e. The Bertz CT molecular complexity index is 565. The van der Waals surface area contributed by atoms with Crippen LogP contribution in [-0.2, 0) is 11.3 Å². The molecule has 20 heavy (non-hydrogen) atoms. The SMILES string of the molecule is CC(NC(=O)c1cccs1)C(=O)N(C)Cc1ncc[nH]1. The lowest BCUT2D eigenvalue weighted by Crippen LogP contribution is -2.45. The van der Waals surface area contributed by atoms with Crippen LogP contribution in [0.1, 0.15) is 22.4 Å². The number of nitrogens with one attached hydrogen (secondary N) is 2. The Morgan fingerprint density at radius 2 is 2.35 bits per heavy atom. The molecule has 2 aromatic heterocycles. The van der Waals surface area contributed by atoms with Crippen molar-refractivity contribution < 1.29 is 9.59 Å². The minimum atomic E-state index is -0.579. The van der Waals surface area contributed by atoms with E-state index in [0.29, 0.717) is 17.2 Å². The minimum absolute atomic E-state index is 0.161. The molecular formula is C13H16N4O2S. The summed E-state index contributed by atoms with van der Waals surface area (Å²) in [5.41, 5.74) is 0. The van der Waals surface area contributed by atoms with E-state index in [1.54, 1.807) is 38.5 Å². The molecule has 2 N–H and O–H groups in total. The third kappa shape index (κ3) is 3.45. The van der Waals surface area contributed by atoms with E-state index in [-0.39, 0.29) is 11.8 Å². The third-order valence-electron chi connectivity index (χ3n) is 2.78. The Morgan fingerprint density at radius 1 is 1.55 bits per heavy atom. The highest BCUT2D eigenvalue weighted by atomic mass is 32.1. The first-order valence-corrected chi connectivity index (χ1v) is 7.03. The van der Waals surface area contributed by atoms with Crippen molar-refractivity contribution in [3.05, 3.63) is 40.6 Å². The largest absolute Gasteiger partial charge is 0.347 e. The highest BCUT2D eigenvalue weighted by Gasteiger charge is 2.20. The normalized spacial score (nSPS) is 11.9. The number of carbonyl (C=O) groups is 2. The second kappa shape index (κ2) is 6.33. The van der Waals surface area contributed by atoms with E-state index in [0.717, 1.165) is 0 Å². The smallest absolute Gasteiger partial charge is 0.261 e. The quantitative estimate of drug-likeness (QED) is 0.870. The summed E-state index contributed by atoms with van der Waals surface area (Å²) in [6.45, 7) is 2.05. The van der Waals surface area contributed by atoms with Gasteiger partial charge in [0.25, 0.3) is 5.91 Å². The maximum absolute atomic E-state index is 12.1. The molecule has 2 heterocycles. The number of nitrogens with zero attached hydrogens (tertiary/aromatic N) is 2. The van der Waals surface area contributed by atoms with Gasteiger partial charge >= 0.3 is 0 Å². The Labute approximate surface area is 120 Å². The fourth-order valence-corrected chi connectivity index (χ4v) is 2.38. The first-order valence-electron chi connectivity index (χ1n) is 6.15. The van der Waals surface area contributed by atoms with Gasteiger partial charge in [0, 0.05) is 19.4 Å². The van der Waals surface area contributed by atoms with Crippen molar-refractivity contribution in [2.45, 2.75) is 19.5 Å². The van der Waals surface area contributed by atoms with Crippen LogP contribution in [-0.4, -0.2) is 39.8 Å². The van der Waals surface area contributed by atoms with Gasteiger partial charge < -0.3 is 15.2 Å². The highest BCUT2D eigenvalue weighted by Crippen LogP contribution is 2.08. The van der Waals surface area contributed by atoms with Crippen molar-refractivity contribution in [3.63, 3.8) is 0 Å². The zero-order chi connectivity index (χ0) is 14.5. The summed E-state index contributed by atoms with van der Waals surface area (Å²) < 4.78 is 0. The lowest BCUT2D eigenvalue weighted by molar-refractivity contribution is -0.132. The standard InChI is InChI=1S/C13H16N4O2S/c1-9(16-12(18)10-4-3-7-20-10)13(19)17(2)8-11-14-5-6-15-11/h3-7,9H,8H2,1-2H3,(H,14,15)(H,16,18). The summed E-state index contributed by atoms with van der Waals surface area (Å²) in [6.07, 6.45) is 3.34. The molecule has 106 valence electrons. The van der Waals surface area contributed by atoms with Crippen molar-refractivity contribution in [1.29, 1.82) is 0 Å². The number of likely N-dealkylation sites (N-methyl/N-ethyl adjacent to an activating group) is 1. The Hall–Kier alpha value is -2.15. The van der Waals surface area contributed by atoms with Crippen molar-refractivity contribution in [3.8, 4) is 0 Å². The summed E-state index contributed by atoms with van der Waals surface area (Å²) in [5, 5.41) is 4.52. The monoisotopic (exact) mass is 292 g/mol. The van der Waals surface area contributed by atoms with E-state index in [2.05, 4.69) is 15.3 Å². The molecule has 0 bridgehead atoms. The molecule has 0 aromatic carbocycles. The Kier molecular flexibility index (Phi) is 4.52. The van der Waals surface area contributed by atoms with Crippen LogP contribution in [0.2, 0.25) is 0 Å². The van der Waals surface area contributed by atoms with E-state index >= 15 is 0 Å². The topological polar surface area (TPSA) is 78.1 Å². The molecule has 0 saturated heterocycles. The van der Waals surface area contributed by atoms with Crippen molar-refractivity contribution in [2.75, 3.05) is 7.05 Å². The number of carbonyl (C=O) groups excluding carboxylic acids is 2. The molecule has 2 rings (SSSR count). The van der Waals surface area contributed by atoms with Gasteiger partial charge in [-0.2, -0.15) is 0 Å². The number of hydrogen-bond donors (Lipinski definition) is 2. The van der Waals surface area contributed by atoms with Gasteiger partial charge in [-0.1, -0.05) is 6.07 Å². The average molecular weight is 292 g/mol. The summed E-state index contributed by atoms with van der Waals surface area (Å²) in [5.74, 6) is 0.316. The predicted molar refractivity (Wildman–Crippen MR) is 76.3 cm³/mol. The number of hydrogen-bond acceptors (Lipinski definition) is 4. The molecule has 0 aliphatic heterocycles. The lowest BCUT2D eigenvalue weighted by atomic mass is 10.2. The van der Waals surface area contributed by atoms with Gasteiger partial charge in [-0.05, 0) is 18.4 Å². The van der Waals surface area contributed by atoms with E-state index < -0.39 is 6.04 Å². The highest BCUT2D eigenvalue weighted by molar-refractivity contribution is 7.12. The van der Waals surface area contributed by atoms with Crippen LogP contribution in [0, 0.1) is 0 Å². The van der Waals surface area contributed by atoms with Gasteiger partial charge in [0.05, 0.1) is 11.4 Å². The lowest BCUT2D eigenvalue weighted by Gasteiger charge is -2.21. The van der Waals surface area contributed by atoms with Crippen LogP contribution in [0.5, 0.6) is 0 Å². The number of aromatic nitrogens is 2. The molecule has 0 spiro atoms. The summed E-state index contributed by atoms with van der Waals surface area (Å²) in [7, 11) is 1.68. The van der Waals surface area contributed by atoms with E-state index in [1.165, 1.54) is 16.2 Å². The van der Waals surface area contributed by atoms with E-state index in [4.69, 9.17) is 0 Å². The van der Waals surface area contributed by atoms with Crippen LogP contribution in [0.3, 0.4) is 0 Å². The van der Waals surface area contributed by atoms with Gasteiger partial charge in [-0.3, -0.25) is 9.59 Å². The van der Waals surface area contributed by atoms with Gasteiger partial charge in [0.2, 0.25) is 5.91 Å².